The second-order valence-electron chi connectivity index (χ2n) is 2.63. The van der Waals surface area contributed by atoms with E-state index in [1.807, 2.05) is 0 Å². The van der Waals surface area contributed by atoms with Crippen molar-refractivity contribution in [3.8, 4) is 5.75 Å². The van der Waals surface area contributed by atoms with Gasteiger partial charge in [-0.15, -0.1) is 0 Å². The fraction of sp³-hybridized carbons (Fsp3) is 0.125. The number of hydrogen-bond acceptors (Lipinski definition) is 4. The van der Waals surface area contributed by atoms with Crippen LogP contribution in [0.2, 0.25) is 5.02 Å². The zero-order valence-electron chi connectivity index (χ0n) is 7.69. The molecule has 0 radical (unpaired) electrons. The standard InChI is InChI=1S/C8H7ClN2O4/c1-15-7-3-6(11(13)14)4(8(10)12)2-5(7)9/h2-3H,1H3,(H2,10,12). The number of benzene rings is 1. The Morgan fingerprint density at radius 3 is 2.60 bits per heavy atom. The highest BCUT2D eigenvalue weighted by molar-refractivity contribution is 6.32. The van der Waals surface area contributed by atoms with Crippen LogP contribution < -0.4 is 10.5 Å². The molecule has 0 heterocycles. The Bertz CT molecular complexity index is 433. The number of ether oxygens (including phenoxy) is 1. The van der Waals surface area contributed by atoms with Gasteiger partial charge in [0.1, 0.15) is 11.3 Å². The third-order valence-corrected chi connectivity index (χ3v) is 2.03. The number of nitro groups is 1. The average molecular weight is 231 g/mol. The molecule has 0 aliphatic heterocycles. The Morgan fingerprint density at radius 1 is 1.60 bits per heavy atom. The molecule has 1 aromatic rings. The molecule has 2 N–H and O–H groups in total. The molecular formula is C8H7ClN2O4. The summed E-state index contributed by atoms with van der Waals surface area (Å²) in [5, 5.41) is 10.7. The Kier molecular flexibility index (Phi) is 3.11. The van der Waals surface area contributed by atoms with Crippen molar-refractivity contribution < 1.29 is 14.5 Å². The van der Waals surface area contributed by atoms with Crippen LogP contribution in [-0.4, -0.2) is 17.9 Å². The largest absolute Gasteiger partial charge is 0.495 e. The maximum atomic E-state index is 10.9. The minimum absolute atomic E-state index is 0.0944. The van der Waals surface area contributed by atoms with Gasteiger partial charge in [0.2, 0.25) is 0 Å². The van der Waals surface area contributed by atoms with E-state index in [-0.39, 0.29) is 16.3 Å². The van der Waals surface area contributed by atoms with Crippen LogP contribution in [0.1, 0.15) is 10.4 Å². The van der Waals surface area contributed by atoms with Crippen molar-refractivity contribution in [2.45, 2.75) is 0 Å². The van der Waals surface area contributed by atoms with E-state index in [1.54, 1.807) is 0 Å². The highest BCUT2D eigenvalue weighted by atomic mass is 35.5. The molecule has 0 aromatic heterocycles. The van der Waals surface area contributed by atoms with Gasteiger partial charge in [0.15, 0.2) is 0 Å². The van der Waals surface area contributed by atoms with Crippen LogP contribution in [0.5, 0.6) is 5.75 Å². The van der Waals surface area contributed by atoms with Gasteiger partial charge in [0.25, 0.3) is 11.6 Å². The average Bonchev–Trinajstić information content (AvgIpc) is 2.16. The van der Waals surface area contributed by atoms with Gasteiger partial charge < -0.3 is 10.5 Å². The van der Waals surface area contributed by atoms with Crippen LogP contribution in [0.4, 0.5) is 5.69 Å². The van der Waals surface area contributed by atoms with Crippen LogP contribution in [-0.2, 0) is 0 Å². The maximum Gasteiger partial charge on any atom is 0.285 e. The fourth-order valence-corrected chi connectivity index (χ4v) is 1.29. The van der Waals surface area contributed by atoms with Gasteiger partial charge in [-0.2, -0.15) is 0 Å². The van der Waals surface area contributed by atoms with Gasteiger partial charge >= 0.3 is 0 Å². The number of primary amides is 1. The van der Waals surface area contributed by atoms with Crippen LogP contribution >= 0.6 is 11.6 Å². The molecule has 0 spiro atoms. The van der Waals surface area contributed by atoms with Crippen LogP contribution in [0.3, 0.4) is 0 Å². The number of nitro benzene ring substituents is 1. The van der Waals surface area contributed by atoms with E-state index in [1.165, 1.54) is 7.11 Å². The molecule has 0 saturated heterocycles. The first-order chi connectivity index (χ1) is 6.97. The van der Waals surface area contributed by atoms with Gasteiger partial charge in [0, 0.05) is 0 Å². The summed E-state index contributed by atoms with van der Waals surface area (Å²) < 4.78 is 4.78. The Morgan fingerprint density at radius 2 is 2.20 bits per heavy atom. The minimum atomic E-state index is -0.911. The molecule has 0 saturated carbocycles. The number of rotatable bonds is 3. The summed E-state index contributed by atoms with van der Waals surface area (Å²) in [6.45, 7) is 0. The molecule has 7 heteroatoms. The van der Waals surface area contributed by atoms with Gasteiger partial charge in [0.05, 0.1) is 23.1 Å². The minimum Gasteiger partial charge on any atom is -0.495 e. The van der Waals surface area contributed by atoms with Crippen molar-refractivity contribution >= 4 is 23.2 Å². The van der Waals surface area contributed by atoms with Gasteiger partial charge in [-0.3, -0.25) is 14.9 Å². The summed E-state index contributed by atoms with van der Waals surface area (Å²) in [6.07, 6.45) is 0. The Balaban J connectivity index is 3.45. The zero-order valence-corrected chi connectivity index (χ0v) is 8.45. The summed E-state index contributed by atoms with van der Waals surface area (Å²) >= 11 is 5.69. The molecule has 1 aromatic carbocycles. The Hall–Kier alpha value is -1.82. The lowest BCUT2D eigenvalue weighted by atomic mass is 10.1. The number of amides is 1. The van der Waals surface area contributed by atoms with E-state index in [9.17, 15) is 14.9 Å². The first-order valence-electron chi connectivity index (χ1n) is 3.79. The first kappa shape index (κ1) is 11.3. The first-order valence-corrected chi connectivity index (χ1v) is 4.17. The van der Waals surface area contributed by atoms with Crippen LogP contribution in [0.25, 0.3) is 0 Å². The fourth-order valence-electron chi connectivity index (χ4n) is 1.05. The number of methoxy groups -OCH3 is 1. The van der Waals surface area contributed by atoms with Crippen molar-refractivity contribution in [3.05, 3.63) is 32.8 Å². The van der Waals surface area contributed by atoms with Crippen molar-refractivity contribution in [3.63, 3.8) is 0 Å². The number of carbonyl (C=O) groups excluding carboxylic acids is 1. The summed E-state index contributed by atoms with van der Waals surface area (Å²) in [7, 11) is 1.31. The molecule has 6 nitrogen and oxygen atoms in total. The van der Waals surface area contributed by atoms with E-state index in [0.717, 1.165) is 12.1 Å². The molecule has 0 aliphatic carbocycles. The second kappa shape index (κ2) is 4.14. The third-order valence-electron chi connectivity index (χ3n) is 1.73. The number of hydrogen-bond donors (Lipinski definition) is 1. The molecule has 0 atom stereocenters. The Labute approximate surface area is 89.7 Å². The van der Waals surface area contributed by atoms with E-state index in [0.29, 0.717) is 0 Å². The van der Waals surface area contributed by atoms with Crippen molar-refractivity contribution in [1.82, 2.24) is 0 Å². The monoisotopic (exact) mass is 230 g/mol. The number of nitrogens with zero attached hydrogens (tertiary/aromatic N) is 1. The van der Waals surface area contributed by atoms with Gasteiger partial charge in [-0.05, 0) is 6.07 Å². The highest BCUT2D eigenvalue weighted by Crippen LogP contribution is 2.31. The van der Waals surface area contributed by atoms with Crippen LogP contribution in [0, 0.1) is 10.1 Å². The van der Waals surface area contributed by atoms with Crippen molar-refractivity contribution in [2.75, 3.05) is 7.11 Å². The molecule has 0 unspecified atom stereocenters. The topological polar surface area (TPSA) is 95.5 Å². The van der Waals surface area contributed by atoms with Crippen LogP contribution in [0.15, 0.2) is 12.1 Å². The molecule has 1 amide bonds. The lowest BCUT2D eigenvalue weighted by Crippen LogP contribution is -2.13. The highest BCUT2D eigenvalue weighted by Gasteiger charge is 2.21. The normalized spacial score (nSPS) is 9.73. The molecule has 80 valence electrons. The molecule has 15 heavy (non-hydrogen) atoms. The maximum absolute atomic E-state index is 10.9. The summed E-state index contributed by atoms with van der Waals surface area (Å²) in [4.78, 5) is 20.8. The smallest absolute Gasteiger partial charge is 0.285 e. The van der Waals surface area contributed by atoms with E-state index in [2.05, 4.69) is 0 Å². The quantitative estimate of drug-likeness (QED) is 0.626. The molecule has 1 rings (SSSR count). The zero-order chi connectivity index (χ0) is 11.6. The summed E-state index contributed by atoms with van der Waals surface area (Å²) in [5.74, 6) is -0.792. The molecule has 0 aliphatic rings. The van der Waals surface area contributed by atoms with Crippen molar-refractivity contribution in [1.29, 1.82) is 0 Å². The number of nitrogens with two attached hydrogens (primary N) is 1. The number of carbonyl (C=O) groups is 1. The summed E-state index contributed by atoms with van der Waals surface area (Å²) in [6, 6.07) is 2.17. The summed E-state index contributed by atoms with van der Waals surface area (Å²) in [5.41, 5.74) is 4.30. The van der Waals surface area contributed by atoms with Gasteiger partial charge in [-0.1, -0.05) is 11.6 Å². The van der Waals surface area contributed by atoms with Gasteiger partial charge in [-0.25, -0.2) is 0 Å². The van der Waals surface area contributed by atoms with E-state index < -0.39 is 16.5 Å². The second-order valence-corrected chi connectivity index (χ2v) is 3.03. The predicted octanol–water partition coefficient (Wildman–Crippen LogP) is 1.36. The molecule has 0 fully saturated rings. The van der Waals surface area contributed by atoms with E-state index in [4.69, 9.17) is 22.1 Å². The lowest BCUT2D eigenvalue weighted by molar-refractivity contribution is -0.385. The molecule has 0 bridgehead atoms. The lowest BCUT2D eigenvalue weighted by Gasteiger charge is -2.04. The van der Waals surface area contributed by atoms with E-state index >= 15 is 0 Å². The SMILES string of the molecule is COc1cc([N+](=O)[O-])c(C(N)=O)cc1Cl. The van der Waals surface area contributed by atoms with Crippen molar-refractivity contribution in [2.24, 2.45) is 5.73 Å². The number of halogens is 1. The predicted molar refractivity (Wildman–Crippen MR) is 53.2 cm³/mol. The molecular weight excluding hydrogens is 224 g/mol. The third kappa shape index (κ3) is 2.16.